The van der Waals surface area contributed by atoms with Gasteiger partial charge in [0.15, 0.2) is 0 Å². The van der Waals surface area contributed by atoms with Crippen LogP contribution in [0.5, 0.6) is 5.88 Å². The minimum absolute atomic E-state index is 0.282. The molecule has 0 saturated heterocycles. The molecule has 19 heavy (non-hydrogen) atoms. The first-order valence-corrected chi connectivity index (χ1v) is 6.92. The van der Waals surface area contributed by atoms with Gasteiger partial charge in [0, 0.05) is 32.2 Å². The van der Waals surface area contributed by atoms with E-state index in [-0.39, 0.29) is 5.92 Å². The molecule has 5 heteroatoms. The van der Waals surface area contributed by atoms with E-state index in [2.05, 4.69) is 36.1 Å². The van der Waals surface area contributed by atoms with Gasteiger partial charge in [0.05, 0.1) is 6.61 Å². The monoisotopic (exact) mass is 267 g/mol. The average molecular weight is 267 g/mol. The van der Waals surface area contributed by atoms with Crippen LogP contribution in [0.15, 0.2) is 6.07 Å². The molecule has 0 fully saturated rings. The Morgan fingerprint density at radius 2 is 2.05 bits per heavy atom. The molecule has 108 valence electrons. The maximum Gasteiger partial charge on any atom is 0.218 e. The van der Waals surface area contributed by atoms with Crippen molar-refractivity contribution in [2.24, 2.45) is 0 Å². The zero-order valence-corrected chi connectivity index (χ0v) is 12.4. The lowest BCUT2D eigenvalue weighted by atomic mass is 10.2. The van der Waals surface area contributed by atoms with Crippen LogP contribution in [0.1, 0.15) is 45.4 Å². The first kappa shape index (κ1) is 15.7. The quantitative estimate of drug-likeness (QED) is 0.697. The Bertz CT molecular complexity index is 370. The molecule has 0 spiro atoms. The molecule has 0 aliphatic carbocycles. The number of nitrogens with zero attached hydrogens (tertiary/aromatic N) is 2. The van der Waals surface area contributed by atoms with Crippen LogP contribution < -0.4 is 10.1 Å². The van der Waals surface area contributed by atoms with Crippen molar-refractivity contribution in [2.75, 3.05) is 32.2 Å². The molecule has 5 nitrogen and oxygen atoms in total. The first-order valence-electron chi connectivity index (χ1n) is 6.92. The highest BCUT2D eigenvalue weighted by Crippen LogP contribution is 2.18. The number of methoxy groups -OCH3 is 1. The van der Waals surface area contributed by atoms with E-state index < -0.39 is 0 Å². The standard InChI is InChI=1S/C14H25N3O2/c1-5-8-19-13-10-12(15-7-6-9-18-4)16-14(17-13)11(2)3/h10-11H,5-9H2,1-4H3,(H,15,16,17). The van der Waals surface area contributed by atoms with E-state index in [0.29, 0.717) is 12.5 Å². The molecule has 1 N–H and O–H groups in total. The molecule has 0 unspecified atom stereocenters. The highest BCUT2D eigenvalue weighted by molar-refractivity contribution is 5.38. The predicted molar refractivity (Wildman–Crippen MR) is 76.9 cm³/mol. The molecule has 0 saturated carbocycles. The number of nitrogens with one attached hydrogen (secondary N) is 1. The highest BCUT2D eigenvalue weighted by Gasteiger charge is 2.08. The molecule has 0 aliphatic rings. The minimum atomic E-state index is 0.282. The molecular weight excluding hydrogens is 242 g/mol. The molecule has 1 heterocycles. The van der Waals surface area contributed by atoms with E-state index in [1.165, 1.54) is 0 Å². The number of ether oxygens (including phenoxy) is 2. The maximum atomic E-state index is 5.60. The molecule has 0 bridgehead atoms. The van der Waals surface area contributed by atoms with Gasteiger partial charge in [-0.05, 0) is 12.8 Å². The third-order valence-corrected chi connectivity index (χ3v) is 2.52. The summed E-state index contributed by atoms with van der Waals surface area (Å²) in [7, 11) is 1.71. The second kappa shape index (κ2) is 8.69. The summed E-state index contributed by atoms with van der Waals surface area (Å²) in [6, 6.07) is 1.86. The van der Waals surface area contributed by atoms with Crippen LogP contribution in [0.3, 0.4) is 0 Å². The van der Waals surface area contributed by atoms with Crippen LogP contribution in [0.4, 0.5) is 5.82 Å². The number of hydrogen-bond acceptors (Lipinski definition) is 5. The molecule has 1 aromatic heterocycles. The number of rotatable bonds is 9. The Labute approximate surface area is 115 Å². The second-order valence-corrected chi connectivity index (χ2v) is 4.73. The lowest BCUT2D eigenvalue weighted by molar-refractivity contribution is 0.197. The summed E-state index contributed by atoms with van der Waals surface area (Å²) < 4.78 is 10.6. The van der Waals surface area contributed by atoms with E-state index in [9.17, 15) is 0 Å². The van der Waals surface area contributed by atoms with Gasteiger partial charge >= 0.3 is 0 Å². The van der Waals surface area contributed by atoms with E-state index in [1.807, 2.05) is 6.07 Å². The fraction of sp³-hybridized carbons (Fsp3) is 0.714. The SMILES string of the molecule is CCCOc1cc(NCCCOC)nc(C(C)C)n1. The summed E-state index contributed by atoms with van der Waals surface area (Å²) >= 11 is 0. The third kappa shape index (κ3) is 5.87. The first-order chi connectivity index (χ1) is 9.17. The van der Waals surface area contributed by atoms with E-state index >= 15 is 0 Å². The van der Waals surface area contributed by atoms with E-state index in [0.717, 1.165) is 37.6 Å². The van der Waals surface area contributed by atoms with Gasteiger partial charge < -0.3 is 14.8 Å². The van der Waals surface area contributed by atoms with Gasteiger partial charge in [0.1, 0.15) is 11.6 Å². The van der Waals surface area contributed by atoms with E-state index in [1.54, 1.807) is 7.11 Å². The Morgan fingerprint density at radius 1 is 1.26 bits per heavy atom. The molecule has 0 radical (unpaired) electrons. The van der Waals surface area contributed by atoms with Crippen molar-refractivity contribution in [3.8, 4) is 5.88 Å². The van der Waals surface area contributed by atoms with Crippen LogP contribution in [0, 0.1) is 0 Å². The lowest BCUT2D eigenvalue weighted by Gasteiger charge is -2.12. The smallest absolute Gasteiger partial charge is 0.218 e. The summed E-state index contributed by atoms with van der Waals surface area (Å²) in [6.07, 6.45) is 1.92. The van der Waals surface area contributed by atoms with Crippen molar-refractivity contribution in [3.05, 3.63) is 11.9 Å². The van der Waals surface area contributed by atoms with Crippen molar-refractivity contribution in [3.63, 3.8) is 0 Å². The largest absolute Gasteiger partial charge is 0.478 e. The molecule has 0 atom stereocenters. The Hall–Kier alpha value is -1.36. The second-order valence-electron chi connectivity index (χ2n) is 4.73. The number of anilines is 1. The Morgan fingerprint density at radius 3 is 2.68 bits per heavy atom. The fourth-order valence-electron chi connectivity index (χ4n) is 1.51. The van der Waals surface area contributed by atoms with Crippen molar-refractivity contribution in [2.45, 2.75) is 39.5 Å². The summed E-state index contributed by atoms with van der Waals surface area (Å²) in [5.41, 5.74) is 0. The van der Waals surface area contributed by atoms with Gasteiger partial charge in [-0.25, -0.2) is 4.98 Å². The summed E-state index contributed by atoms with van der Waals surface area (Å²) in [4.78, 5) is 8.91. The highest BCUT2D eigenvalue weighted by atomic mass is 16.5. The van der Waals surface area contributed by atoms with E-state index in [4.69, 9.17) is 9.47 Å². The number of hydrogen-bond donors (Lipinski definition) is 1. The zero-order chi connectivity index (χ0) is 14.1. The Balaban J connectivity index is 2.69. The third-order valence-electron chi connectivity index (χ3n) is 2.52. The van der Waals surface area contributed by atoms with Crippen molar-refractivity contribution >= 4 is 5.82 Å². The summed E-state index contributed by atoms with van der Waals surface area (Å²) in [5.74, 6) is 2.56. The Kier molecular flexibility index (Phi) is 7.18. The molecule has 1 rings (SSSR count). The van der Waals surface area contributed by atoms with Crippen LogP contribution in [-0.4, -0.2) is 36.8 Å². The van der Waals surface area contributed by atoms with Crippen LogP contribution in [0.2, 0.25) is 0 Å². The minimum Gasteiger partial charge on any atom is -0.478 e. The number of aromatic nitrogens is 2. The lowest BCUT2D eigenvalue weighted by Crippen LogP contribution is -2.10. The van der Waals surface area contributed by atoms with Gasteiger partial charge in [-0.3, -0.25) is 0 Å². The average Bonchev–Trinajstić information content (AvgIpc) is 2.41. The zero-order valence-electron chi connectivity index (χ0n) is 12.4. The van der Waals surface area contributed by atoms with Crippen molar-refractivity contribution in [1.82, 2.24) is 9.97 Å². The molecule has 0 aliphatic heterocycles. The van der Waals surface area contributed by atoms with Gasteiger partial charge in [-0.2, -0.15) is 4.98 Å². The normalized spacial score (nSPS) is 10.8. The molecular formula is C14H25N3O2. The molecule has 0 aromatic carbocycles. The van der Waals surface area contributed by atoms with Crippen molar-refractivity contribution in [1.29, 1.82) is 0 Å². The van der Waals surface area contributed by atoms with Crippen LogP contribution in [0.25, 0.3) is 0 Å². The summed E-state index contributed by atoms with van der Waals surface area (Å²) in [5, 5.41) is 3.28. The van der Waals surface area contributed by atoms with Gasteiger partial charge in [0.25, 0.3) is 0 Å². The topological polar surface area (TPSA) is 56.3 Å². The van der Waals surface area contributed by atoms with Gasteiger partial charge in [-0.1, -0.05) is 20.8 Å². The molecule has 0 amide bonds. The predicted octanol–water partition coefficient (Wildman–Crippen LogP) is 2.84. The van der Waals surface area contributed by atoms with Gasteiger partial charge in [0.2, 0.25) is 5.88 Å². The van der Waals surface area contributed by atoms with Crippen LogP contribution >= 0.6 is 0 Å². The van der Waals surface area contributed by atoms with Crippen LogP contribution in [-0.2, 0) is 4.74 Å². The fourth-order valence-corrected chi connectivity index (χ4v) is 1.51. The van der Waals surface area contributed by atoms with Gasteiger partial charge in [-0.15, -0.1) is 0 Å². The summed E-state index contributed by atoms with van der Waals surface area (Å²) in [6.45, 7) is 8.48. The maximum absolute atomic E-state index is 5.60. The molecule has 1 aromatic rings. The van der Waals surface area contributed by atoms with Crippen molar-refractivity contribution < 1.29 is 9.47 Å².